The first-order chi connectivity index (χ1) is 6.77. The third-order valence-corrected chi connectivity index (χ3v) is 3.62. The summed E-state index contributed by atoms with van der Waals surface area (Å²) in [6.07, 6.45) is 1.68. The van der Waals surface area contributed by atoms with Crippen LogP contribution in [0.25, 0.3) is 0 Å². The molecule has 2 rings (SSSR count). The number of carbonyl (C=O) groups is 1. The van der Waals surface area contributed by atoms with E-state index in [0.29, 0.717) is 12.2 Å². The Kier molecular flexibility index (Phi) is 2.74. The summed E-state index contributed by atoms with van der Waals surface area (Å²) in [7, 11) is 0. The Morgan fingerprint density at radius 3 is 3.07 bits per heavy atom. The van der Waals surface area contributed by atoms with Crippen molar-refractivity contribution in [2.45, 2.75) is 6.42 Å². The Balaban J connectivity index is 2.13. The van der Waals surface area contributed by atoms with Crippen LogP contribution in [-0.4, -0.2) is 21.0 Å². The van der Waals surface area contributed by atoms with E-state index >= 15 is 0 Å². The van der Waals surface area contributed by atoms with Crippen molar-refractivity contribution >= 4 is 33.0 Å². The molecule has 0 amide bonds. The number of aromatic amines is 1. The van der Waals surface area contributed by atoms with Crippen LogP contribution < -0.4 is 0 Å². The predicted octanol–water partition coefficient (Wildman–Crippen LogP) is 2.05. The number of hydrogen-bond acceptors (Lipinski definition) is 4. The number of Topliss-reactive ketones (excluding diaryl/α,β-unsaturated/α-hetero) is 1. The molecule has 6 heteroatoms. The summed E-state index contributed by atoms with van der Waals surface area (Å²) in [6.45, 7) is 0. The molecule has 1 N–H and O–H groups in total. The molecular weight excluding hydrogens is 266 g/mol. The molecule has 0 fully saturated rings. The van der Waals surface area contributed by atoms with Gasteiger partial charge in [0, 0.05) is 15.8 Å². The number of hydrogen-bond donors (Lipinski definition) is 1. The van der Waals surface area contributed by atoms with Crippen molar-refractivity contribution < 1.29 is 4.79 Å². The second-order valence-corrected chi connectivity index (χ2v) is 4.48. The highest BCUT2D eigenvalue weighted by molar-refractivity contribution is 9.10. The Hall–Kier alpha value is -1.01. The van der Waals surface area contributed by atoms with E-state index in [-0.39, 0.29) is 5.78 Å². The largest absolute Gasteiger partial charge is 0.290 e. The van der Waals surface area contributed by atoms with E-state index in [1.54, 1.807) is 11.3 Å². The third kappa shape index (κ3) is 1.91. The normalized spacial score (nSPS) is 10.4. The maximum Gasteiger partial charge on any atom is 0.204 e. The highest BCUT2D eigenvalue weighted by Crippen LogP contribution is 2.23. The fourth-order valence-electron chi connectivity index (χ4n) is 1.02. The van der Waals surface area contributed by atoms with Crippen molar-refractivity contribution in [3.8, 4) is 0 Å². The minimum absolute atomic E-state index is 0.0503. The lowest BCUT2D eigenvalue weighted by Crippen LogP contribution is -2.04. The SMILES string of the molecule is O=C(Cc1sccc1Br)c1ncn[nH]1. The summed E-state index contributed by atoms with van der Waals surface area (Å²) in [5.74, 6) is 0.260. The fraction of sp³-hybridized carbons (Fsp3) is 0.125. The summed E-state index contributed by atoms with van der Waals surface area (Å²) >= 11 is 4.92. The topological polar surface area (TPSA) is 58.6 Å². The molecule has 0 saturated heterocycles. The summed E-state index contributed by atoms with van der Waals surface area (Å²) in [5, 5.41) is 8.11. The molecule has 0 radical (unpaired) electrons. The molecule has 0 bridgehead atoms. The molecule has 4 nitrogen and oxygen atoms in total. The van der Waals surface area contributed by atoms with E-state index in [0.717, 1.165) is 9.35 Å². The van der Waals surface area contributed by atoms with Gasteiger partial charge in [0.2, 0.25) is 5.78 Å². The molecule has 0 spiro atoms. The number of carbonyl (C=O) groups excluding carboxylic acids is 1. The molecule has 0 atom stereocenters. The lowest BCUT2D eigenvalue weighted by molar-refractivity contribution is 0.0984. The second kappa shape index (κ2) is 4.02. The molecule has 2 aromatic rings. The Morgan fingerprint density at radius 2 is 2.50 bits per heavy atom. The van der Waals surface area contributed by atoms with Crippen LogP contribution in [-0.2, 0) is 6.42 Å². The van der Waals surface area contributed by atoms with Crippen molar-refractivity contribution in [3.63, 3.8) is 0 Å². The molecule has 2 heterocycles. The number of ketones is 1. The first-order valence-electron chi connectivity index (χ1n) is 3.88. The van der Waals surface area contributed by atoms with Crippen LogP contribution >= 0.6 is 27.3 Å². The average molecular weight is 272 g/mol. The van der Waals surface area contributed by atoms with Crippen molar-refractivity contribution in [3.05, 3.63) is 32.9 Å². The monoisotopic (exact) mass is 271 g/mol. The molecule has 0 aliphatic heterocycles. The van der Waals surface area contributed by atoms with Crippen molar-refractivity contribution in [1.82, 2.24) is 15.2 Å². The zero-order valence-corrected chi connectivity index (χ0v) is 9.43. The molecule has 72 valence electrons. The van der Waals surface area contributed by atoms with Crippen LogP contribution in [0.3, 0.4) is 0 Å². The predicted molar refractivity (Wildman–Crippen MR) is 56.4 cm³/mol. The van der Waals surface area contributed by atoms with E-state index in [1.807, 2.05) is 11.4 Å². The van der Waals surface area contributed by atoms with Crippen molar-refractivity contribution in [1.29, 1.82) is 0 Å². The van der Waals surface area contributed by atoms with E-state index in [9.17, 15) is 4.79 Å². The highest BCUT2D eigenvalue weighted by Gasteiger charge is 2.12. The standard InChI is InChI=1S/C8H6BrN3OS/c9-5-1-2-14-7(5)3-6(13)8-10-4-11-12-8/h1-2,4H,3H2,(H,10,11,12). The van der Waals surface area contributed by atoms with Gasteiger partial charge in [-0.15, -0.1) is 11.3 Å². The van der Waals surface area contributed by atoms with Gasteiger partial charge in [-0.2, -0.15) is 5.10 Å². The van der Waals surface area contributed by atoms with Crippen LogP contribution in [0.5, 0.6) is 0 Å². The first-order valence-corrected chi connectivity index (χ1v) is 5.55. The molecule has 0 unspecified atom stereocenters. The lowest BCUT2D eigenvalue weighted by atomic mass is 10.2. The van der Waals surface area contributed by atoms with Crippen molar-refractivity contribution in [2.75, 3.05) is 0 Å². The van der Waals surface area contributed by atoms with Gasteiger partial charge >= 0.3 is 0 Å². The van der Waals surface area contributed by atoms with Gasteiger partial charge in [-0.3, -0.25) is 9.89 Å². The summed E-state index contributed by atoms with van der Waals surface area (Å²) < 4.78 is 0.968. The van der Waals surface area contributed by atoms with Gasteiger partial charge in [0.25, 0.3) is 0 Å². The van der Waals surface area contributed by atoms with Gasteiger partial charge in [0.15, 0.2) is 5.82 Å². The minimum atomic E-state index is -0.0503. The van der Waals surface area contributed by atoms with Crippen LogP contribution in [0.15, 0.2) is 22.2 Å². The number of rotatable bonds is 3. The van der Waals surface area contributed by atoms with E-state index in [2.05, 4.69) is 31.1 Å². The quantitative estimate of drug-likeness (QED) is 0.870. The molecule has 14 heavy (non-hydrogen) atoms. The number of H-pyrrole nitrogens is 1. The molecular formula is C8H6BrN3OS. The molecule has 0 aliphatic rings. The van der Waals surface area contributed by atoms with E-state index in [1.165, 1.54) is 6.33 Å². The van der Waals surface area contributed by atoms with Crippen LogP contribution in [0, 0.1) is 0 Å². The minimum Gasteiger partial charge on any atom is -0.290 e. The number of thiophene rings is 1. The number of nitrogens with zero attached hydrogens (tertiary/aromatic N) is 2. The Morgan fingerprint density at radius 1 is 1.64 bits per heavy atom. The zero-order valence-electron chi connectivity index (χ0n) is 7.03. The summed E-state index contributed by atoms with van der Waals surface area (Å²) in [4.78, 5) is 16.4. The maximum atomic E-state index is 11.6. The Labute approximate surface area is 92.5 Å². The summed E-state index contributed by atoms with van der Waals surface area (Å²) in [6, 6.07) is 1.92. The van der Waals surface area contributed by atoms with Gasteiger partial charge < -0.3 is 0 Å². The molecule has 0 saturated carbocycles. The van der Waals surface area contributed by atoms with Crippen LogP contribution in [0.2, 0.25) is 0 Å². The van der Waals surface area contributed by atoms with Gasteiger partial charge in [-0.1, -0.05) is 0 Å². The van der Waals surface area contributed by atoms with E-state index < -0.39 is 0 Å². The lowest BCUT2D eigenvalue weighted by Gasteiger charge is -1.94. The maximum absolute atomic E-state index is 11.6. The van der Waals surface area contributed by atoms with Crippen molar-refractivity contribution in [2.24, 2.45) is 0 Å². The smallest absolute Gasteiger partial charge is 0.204 e. The van der Waals surface area contributed by atoms with Gasteiger partial charge in [-0.25, -0.2) is 4.98 Å². The van der Waals surface area contributed by atoms with Gasteiger partial charge in [0.05, 0.1) is 0 Å². The molecule has 0 aliphatic carbocycles. The molecule has 2 aromatic heterocycles. The van der Waals surface area contributed by atoms with Gasteiger partial charge in [0.1, 0.15) is 6.33 Å². The number of aromatic nitrogens is 3. The number of nitrogens with one attached hydrogen (secondary N) is 1. The third-order valence-electron chi connectivity index (χ3n) is 1.69. The number of halogens is 1. The highest BCUT2D eigenvalue weighted by atomic mass is 79.9. The summed E-state index contributed by atoms with van der Waals surface area (Å²) in [5.41, 5.74) is 0. The fourth-order valence-corrected chi connectivity index (χ4v) is 2.51. The van der Waals surface area contributed by atoms with Gasteiger partial charge in [-0.05, 0) is 27.4 Å². The van der Waals surface area contributed by atoms with Crippen LogP contribution in [0.1, 0.15) is 15.5 Å². The van der Waals surface area contributed by atoms with Crippen LogP contribution in [0.4, 0.5) is 0 Å². The van der Waals surface area contributed by atoms with E-state index in [4.69, 9.17) is 0 Å². The first kappa shape index (κ1) is 9.54. The second-order valence-electron chi connectivity index (χ2n) is 2.63. The zero-order chi connectivity index (χ0) is 9.97. The molecule has 0 aromatic carbocycles. The Bertz CT molecular complexity index is 437. The average Bonchev–Trinajstić information content (AvgIpc) is 2.77.